The van der Waals surface area contributed by atoms with Crippen LogP contribution in [0.5, 0.6) is 5.75 Å². The average Bonchev–Trinajstić information content (AvgIpc) is 2.99. The van der Waals surface area contributed by atoms with E-state index in [9.17, 15) is 9.90 Å². The molecular formula is C36H41NO6. The Hall–Kier alpha value is -3.91. The molecule has 1 aliphatic heterocycles. The second-order valence-corrected chi connectivity index (χ2v) is 12.0. The highest BCUT2D eigenvalue weighted by atomic mass is 16.8. The van der Waals surface area contributed by atoms with Crippen molar-refractivity contribution >= 4 is 16.9 Å². The number of carbonyl (C=O) groups is 1. The van der Waals surface area contributed by atoms with Crippen LogP contribution < -0.4 is 4.74 Å². The maximum atomic E-state index is 12.4. The zero-order chi connectivity index (χ0) is 30.2. The number of aliphatic hydroxyl groups excluding tert-OH is 1. The van der Waals surface area contributed by atoms with Crippen molar-refractivity contribution in [3.8, 4) is 5.75 Å². The summed E-state index contributed by atoms with van der Waals surface area (Å²) in [5, 5.41) is 13.1. The van der Waals surface area contributed by atoms with Crippen molar-refractivity contribution in [2.45, 2.75) is 64.4 Å². The SMILES string of the molecule is CC(C)(C)OC(=O)ON1CCC(c2ccc(CCO)cc2)C(OCc2cc(OCc3ccccc3)c3ccccc3c2)C1. The van der Waals surface area contributed by atoms with Gasteiger partial charge in [0.15, 0.2) is 0 Å². The quantitative estimate of drug-likeness (QED) is 0.198. The van der Waals surface area contributed by atoms with Crippen LogP contribution in [-0.2, 0) is 33.9 Å². The van der Waals surface area contributed by atoms with Gasteiger partial charge in [0.2, 0.25) is 0 Å². The van der Waals surface area contributed by atoms with Crippen LogP contribution in [-0.4, -0.2) is 47.7 Å². The van der Waals surface area contributed by atoms with Gasteiger partial charge >= 0.3 is 6.16 Å². The predicted octanol–water partition coefficient (Wildman–Crippen LogP) is 7.20. The molecule has 1 saturated heterocycles. The molecule has 4 aromatic carbocycles. The molecule has 43 heavy (non-hydrogen) atoms. The molecule has 0 aliphatic carbocycles. The first-order valence-corrected chi connectivity index (χ1v) is 14.9. The van der Waals surface area contributed by atoms with Gasteiger partial charge in [-0.3, -0.25) is 0 Å². The van der Waals surface area contributed by atoms with Gasteiger partial charge in [-0.1, -0.05) is 78.9 Å². The summed E-state index contributed by atoms with van der Waals surface area (Å²) >= 11 is 0. The van der Waals surface area contributed by atoms with Crippen LogP contribution in [0.1, 0.15) is 55.4 Å². The summed E-state index contributed by atoms with van der Waals surface area (Å²) in [7, 11) is 0. The van der Waals surface area contributed by atoms with Gasteiger partial charge in [0.05, 0.1) is 19.3 Å². The number of carbonyl (C=O) groups excluding carboxylic acids is 1. The van der Waals surface area contributed by atoms with Crippen LogP contribution in [0.15, 0.2) is 91.0 Å². The lowest BCUT2D eigenvalue weighted by atomic mass is 9.87. The van der Waals surface area contributed by atoms with E-state index in [2.05, 4.69) is 60.7 Å². The van der Waals surface area contributed by atoms with E-state index in [-0.39, 0.29) is 18.6 Å². The predicted molar refractivity (Wildman–Crippen MR) is 167 cm³/mol. The molecule has 2 unspecified atom stereocenters. The first-order valence-electron chi connectivity index (χ1n) is 14.9. The third-order valence-corrected chi connectivity index (χ3v) is 7.51. The van der Waals surface area contributed by atoms with Crippen LogP contribution in [0, 0.1) is 0 Å². The maximum absolute atomic E-state index is 12.4. The van der Waals surface area contributed by atoms with E-state index in [0.717, 1.165) is 45.2 Å². The smallest absolute Gasteiger partial charge is 0.488 e. The minimum absolute atomic E-state index is 0.107. The first-order chi connectivity index (χ1) is 20.8. The topological polar surface area (TPSA) is 77.5 Å². The molecule has 0 radical (unpaired) electrons. The summed E-state index contributed by atoms with van der Waals surface area (Å²) in [6.07, 6.45) is 0.419. The van der Waals surface area contributed by atoms with Gasteiger partial charge in [-0.25, -0.2) is 4.79 Å². The number of nitrogens with zero attached hydrogens (tertiary/aromatic N) is 1. The van der Waals surface area contributed by atoms with Gasteiger partial charge in [0, 0.05) is 24.5 Å². The fourth-order valence-electron chi connectivity index (χ4n) is 5.43. The fraction of sp³-hybridized carbons (Fsp3) is 0.361. The average molecular weight is 584 g/mol. The van der Waals surface area contributed by atoms with E-state index in [1.807, 2.05) is 51.1 Å². The summed E-state index contributed by atoms with van der Waals surface area (Å²) in [6.45, 7) is 7.38. The number of rotatable bonds is 10. The number of hydrogen-bond acceptors (Lipinski definition) is 7. The lowest BCUT2D eigenvalue weighted by molar-refractivity contribution is -0.179. The van der Waals surface area contributed by atoms with E-state index in [4.69, 9.17) is 19.0 Å². The van der Waals surface area contributed by atoms with Crippen molar-refractivity contribution < 1.29 is 28.9 Å². The Morgan fingerprint density at radius 2 is 1.63 bits per heavy atom. The monoisotopic (exact) mass is 583 g/mol. The molecule has 0 amide bonds. The molecule has 226 valence electrons. The minimum atomic E-state index is -0.715. The molecule has 0 bridgehead atoms. The van der Waals surface area contributed by atoms with E-state index in [1.165, 1.54) is 0 Å². The number of piperidine rings is 1. The standard InChI is InChI=1S/C36H41NO6/c1-36(2,3)42-35(39)43-37-19-17-32(29-15-13-26(14-16-29)18-20-38)34(23-37)41-25-28-21-30-11-7-8-12-31(30)33(22-28)40-24-27-9-5-4-6-10-27/h4-16,21-22,32,34,38H,17-20,23-25H2,1-3H3. The Bertz CT molecular complexity index is 1480. The fourth-order valence-corrected chi connectivity index (χ4v) is 5.43. The van der Waals surface area contributed by atoms with Crippen molar-refractivity contribution in [1.29, 1.82) is 0 Å². The van der Waals surface area contributed by atoms with Crippen LogP contribution >= 0.6 is 0 Å². The van der Waals surface area contributed by atoms with E-state index in [0.29, 0.717) is 32.7 Å². The van der Waals surface area contributed by atoms with Crippen molar-refractivity contribution in [2.24, 2.45) is 0 Å². The van der Waals surface area contributed by atoms with E-state index >= 15 is 0 Å². The highest BCUT2D eigenvalue weighted by molar-refractivity contribution is 5.89. The molecule has 2 atom stereocenters. The van der Waals surface area contributed by atoms with Crippen LogP contribution in [0.2, 0.25) is 0 Å². The van der Waals surface area contributed by atoms with Crippen molar-refractivity contribution in [1.82, 2.24) is 5.06 Å². The number of aliphatic hydroxyl groups is 1. The molecule has 0 spiro atoms. The zero-order valence-corrected chi connectivity index (χ0v) is 25.2. The highest BCUT2D eigenvalue weighted by Crippen LogP contribution is 2.33. The minimum Gasteiger partial charge on any atom is -0.488 e. The van der Waals surface area contributed by atoms with Crippen LogP contribution in [0.3, 0.4) is 0 Å². The molecule has 1 aliphatic rings. The molecule has 1 N–H and O–H groups in total. The second kappa shape index (κ2) is 14.0. The molecule has 5 rings (SSSR count). The second-order valence-electron chi connectivity index (χ2n) is 12.0. The van der Waals surface area contributed by atoms with Gasteiger partial charge in [-0.2, -0.15) is 0 Å². The molecule has 7 nitrogen and oxygen atoms in total. The number of benzene rings is 4. The van der Waals surface area contributed by atoms with E-state index < -0.39 is 11.8 Å². The van der Waals surface area contributed by atoms with E-state index in [1.54, 1.807) is 5.06 Å². The Labute approximate surface area is 253 Å². The summed E-state index contributed by atoms with van der Waals surface area (Å²) in [6, 6.07) is 30.9. The molecule has 1 heterocycles. The number of hydrogen-bond donors (Lipinski definition) is 1. The summed E-state index contributed by atoms with van der Waals surface area (Å²) in [4.78, 5) is 18.0. The Kier molecular flexibility index (Phi) is 9.97. The maximum Gasteiger partial charge on any atom is 0.528 e. The van der Waals surface area contributed by atoms with Crippen molar-refractivity contribution in [3.05, 3.63) is 113 Å². The van der Waals surface area contributed by atoms with Gasteiger partial charge in [0.1, 0.15) is 18.0 Å². The molecule has 0 aromatic heterocycles. The lowest BCUT2D eigenvalue weighted by Crippen LogP contribution is -2.45. The summed E-state index contributed by atoms with van der Waals surface area (Å²) in [5.74, 6) is 0.922. The Morgan fingerprint density at radius 1 is 0.884 bits per heavy atom. The molecule has 0 saturated carbocycles. The Morgan fingerprint density at radius 3 is 2.37 bits per heavy atom. The molecule has 1 fully saturated rings. The first kappa shape index (κ1) is 30.5. The third kappa shape index (κ3) is 8.57. The molecule has 4 aromatic rings. The summed E-state index contributed by atoms with van der Waals surface area (Å²) < 4.78 is 18.3. The number of hydroxylamine groups is 2. The summed E-state index contributed by atoms with van der Waals surface area (Å²) in [5.41, 5.74) is 3.72. The van der Waals surface area contributed by atoms with Gasteiger partial charge in [-0.05, 0) is 73.4 Å². The largest absolute Gasteiger partial charge is 0.528 e. The van der Waals surface area contributed by atoms with Crippen molar-refractivity contribution in [3.63, 3.8) is 0 Å². The molecular weight excluding hydrogens is 542 g/mol. The Balaban J connectivity index is 1.34. The molecule has 7 heteroatoms. The highest BCUT2D eigenvalue weighted by Gasteiger charge is 2.34. The zero-order valence-electron chi connectivity index (χ0n) is 25.2. The van der Waals surface area contributed by atoms with Gasteiger partial charge in [-0.15, -0.1) is 5.06 Å². The van der Waals surface area contributed by atoms with Gasteiger partial charge in [0.25, 0.3) is 0 Å². The number of fused-ring (bicyclic) bond motifs is 1. The van der Waals surface area contributed by atoms with Crippen molar-refractivity contribution in [2.75, 3.05) is 19.7 Å². The third-order valence-electron chi connectivity index (χ3n) is 7.51. The van der Waals surface area contributed by atoms with Gasteiger partial charge < -0.3 is 24.2 Å². The normalized spacial score (nSPS) is 17.5. The number of ether oxygens (including phenoxy) is 3. The lowest BCUT2D eigenvalue weighted by Gasteiger charge is -2.37. The van der Waals surface area contributed by atoms with Crippen LogP contribution in [0.4, 0.5) is 4.79 Å². The van der Waals surface area contributed by atoms with Crippen LogP contribution in [0.25, 0.3) is 10.8 Å².